The van der Waals surface area contributed by atoms with Gasteiger partial charge in [-0.3, -0.25) is 4.79 Å². The van der Waals surface area contributed by atoms with Crippen molar-refractivity contribution in [1.29, 1.82) is 0 Å². The lowest BCUT2D eigenvalue weighted by Gasteiger charge is -2.23. The summed E-state index contributed by atoms with van der Waals surface area (Å²) >= 11 is 0. The van der Waals surface area contributed by atoms with E-state index < -0.39 is 34.0 Å². The predicted octanol–water partition coefficient (Wildman–Crippen LogP) is 3.02. The smallest absolute Gasteiger partial charge is 0.407 e. The summed E-state index contributed by atoms with van der Waals surface area (Å²) in [6, 6.07) is 15.3. The molecular formula is C27H33N3O7S. The number of hydrogen-bond donors (Lipinski definition) is 2. The first-order valence-corrected chi connectivity index (χ1v) is 14.6. The zero-order valence-electron chi connectivity index (χ0n) is 21.4. The number of alkyl carbamates (subject to hydrolysis) is 2. The second kappa shape index (κ2) is 12.3. The van der Waals surface area contributed by atoms with E-state index >= 15 is 0 Å². The molecule has 0 radical (unpaired) electrons. The van der Waals surface area contributed by atoms with Crippen LogP contribution >= 0.6 is 0 Å². The molecule has 204 valence electrons. The molecule has 1 fully saturated rings. The second-order valence-electron chi connectivity index (χ2n) is 9.34. The zero-order valence-corrected chi connectivity index (χ0v) is 22.2. The van der Waals surface area contributed by atoms with Gasteiger partial charge in [0.2, 0.25) is 5.91 Å². The van der Waals surface area contributed by atoms with Gasteiger partial charge in [0.25, 0.3) is 0 Å². The van der Waals surface area contributed by atoms with Gasteiger partial charge in [-0.15, -0.1) is 0 Å². The third-order valence-electron chi connectivity index (χ3n) is 6.73. The average Bonchev–Trinajstić information content (AvgIpc) is 3.43. The minimum Gasteiger partial charge on any atom is -0.450 e. The molecule has 1 heterocycles. The normalized spacial score (nSPS) is 16.3. The van der Waals surface area contributed by atoms with Gasteiger partial charge in [-0.05, 0) is 48.4 Å². The molecule has 1 aliphatic heterocycles. The van der Waals surface area contributed by atoms with E-state index in [1.165, 1.54) is 4.90 Å². The van der Waals surface area contributed by atoms with E-state index in [2.05, 4.69) is 34.9 Å². The van der Waals surface area contributed by atoms with E-state index in [9.17, 15) is 22.8 Å². The minimum absolute atomic E-state index is 0.0247. The SMILES string of the molecule is CCOC(=O)NC(CCCCNC(=O)OCC1c2ccccc2-c2ccccc21)C(=O)N1CCS(=O)(=O)C1. The van der Waals surface area contributed by atoms with Crippen LogP contribution in [0, 0.1) is 0 Å². The lowest BCUT2D eigenvalue weighted by Crippen LogP contribution is -2.48. The Morgan fingerprint density at radius 2 is 1.63 bits per heavy atom. The van der Waals surface area contributed by atoms with Crippen LogP contribution in [0.15, 0.2) is 48.5 Å². The summed E-state index contributed by atoms with van der Waals surface area (Å²) in [5.41, 5.74) is 4.59. The van der Waals surface area contributed by atoms with Gasteiger partial charge in [0.1, 0.15) is 18.5 Å². The highest BCUT2D eigenvalue weighted by Gasteiger charge is 2.34. The van der Waals surface area contributed by atoms with Crippen molar-refractivity contribution in [2.75, 3.05) is 37.9 Å². The van der Waals surface area contributed by atoms with Crippen LogP contribution in [-0.2, 0) is 24.1 Å². The first-order chi connectivity index (χ1) is 18.3. The van der Waals surface area contributed by atoms with Gasteiger partial charge in [0.15, 0.2) is 9.84 Å². The number of hydrogen-bond acceptors (Lipinski definition) is 7. The quantitative estimate of drug-likeness (QED) is 0.441. The van der Waals surface area contributed by atoms with Crippen LogP contribution in [0.3, 0.4) is 0 Å². The predicted molar refractivity (Wildman–Crippen MR) is 141 cm³/mol. The Bertz CT molecular complexity index is 1240. The summed E-state index contributed by atoms with van der Waals surface area (Å²) in [6.07, 6.45) is 0.0702. The molecular weight excluding hydrogens is 510 g/mol. The molecule has 4 rings (SSSR count). The molecule has 2 aromatic carbocycles. The zero-order chi connectivity index (χ0) is 27.1. The first-order valence-electron chi connectivity index (χ1n) is 12.8. The number of nitrogens with zero attached hydrogens (tertiary/aromatic N) is 1. The number of carbonyl (C=O) groups is 3. The number of fused-ring (bicyclic) bond motifs is 3. The highest BCUT2D eigenvalue weighted by molar-refractivity contribution is 7.91. The van der Waals surface area contributed by atoms with Gasteiger partial charge in [0.05, 0.1) is 12.4 Å². The van der Waals surface area contributed by atoms with Crippen molar-refractivity contribution in [3.63, 3.8) is 0 Å². The van der Waals surface area contributed by atoms with Gasteiger partial charge in [-0.2, -0.15) is 0 Å². The number of ether oxygens (including phenoxy) is 2. The van der Waals surface area contributed by atoms with Crippen LogP contribution in [0.4, 0.5) is 9.59 Å². The molecule has 11 heteroatoms. The first kappa shape index (κ1) is 27.4. The summed E-state index contributed by atoms with van der Waals surface area (Å²) in [5.74, 6) is -0.919. The second-order valence-corrected chi connectivity index (χ2v) is 11.5. The maximum Gasteiger partial charge on any atom is 0.407 e. The monoisotopic (exact) mass is 543 g/mol. The van der Waals surface area contributed by atoms with E-state index in [4.69, 9.17) is 9.47 Å². The van der Waals surface area contributed by atoms with Crippen LogP contribution in [0.25, 0.3) is 11.1 Å². The van der Waals surface area contributed by atoms with Gasteiger partial charge in [0, 0.05) is 19.0 Å². The van der Waals surface area contributed by atoms with Crippen molar-refractivity contribution in [2.45, 2.75) is 38.1 Å². The van der Waals surface area contributed by atoms with E-state index in [-0.39, 0.29) is 43.7 Å². The van der Waals surface area contributed by atoms with Gasteiger partial charge < -0.3 is 25.0 Å². The highest BCUT2D eigenvalue weighted by Crippen LogP contribution is 2.44. The Kier molecular flexibility index (Phi) is 8.88. The van der Waals surface area contributed by atoms with Gasteiger partial charge in [-0.1, -0.05) is 48.5 Å². The molecule has 1 aliphatic carbocycles. The number of nitrogens with one attached hydrogen (secondary N) is 2. The van der Waals surface area contributed by atoms with E-state index in [1.807, 2.05) is 24.3 Å². The summed E-state index contributed by atoms with van der Waals surface area (Å²) < 4.78 is 33.9. The lowest BCUT2D eigenvalue weighted by molar-refractivity contribution is -0.132. The fourth-order valence-electron chi connectivity index (χ4n) is 4.90. The molecule has 3 amide bonds. The highest BCUT2D eigenvalue weighted by atomic mass is 32.2. The number of unbranched alkanes of at least 4 members (excludes halogenated alkanes) is 1. The minimum atomic E-state index is -3.30. The Labute approximate surface area is 222 Å². The standard InChI is InChI=1S/C27H33N3O7S/c1-2-36-27(33)29-24(25(31)30-15-16-38(34,35)18-30)13-7-8-14-28-26(32)37-17-23-21-11-5-3-9-19(21)20-10-4-6-12-22(20)23/h3-6,9-12,23-24H,2,7-8,13-18H2,1H3,(H,28,32)(H,29,33). The van der Waals surface area contributed by atoms with Crippen LogP contribution in [0.5, 0.6) is 0 Å². The molecule has 10 nitrogen and oxygen atoms in total. The number of benzene rings is 2. The Hall–Kier alpha value is -3.60. The average molecular weight is 544 g/mol. The van der Waals surface area contributed by atoms with Gasteiger partial charge in [-0.25, -0.2) is 18.0 Å². The van der Waals surface area contributed by atoms with Gasteiger partial charge >= 0.3 is 12.2 Å². The summed E-state index contributed by atoms with van der Waals surface area (Å²) in [6.45, 7) is 2.45. The molecule has 1 atom stereocenters. The Morgan fingerprint density at radius 1 is 0.974 bits per heavy atom. The molecule has 2 aliphatic rings. The maximum absolute atomic E-state index is 12.8. The molecule has 0 bridgehead atoms. The van der Waals surface area contributed by atoms with Crippen molar-refractivity contribution in [3.05, 3.63) is 59.7 Å². The Morgan fingerprint density at radius 3 is 2.24 bits per heavy atom. The summed E-state index contributed by atoms with van der Waals surface area (Å²) in [4.78, 5) is 38.3. The van der Waals surface area contributed by atoms with E-state index in [0.29, 0.717) is 19.4 Å². The van der Waals surface area contributed by atoms with Crippen LogP contribution in [0.1, 0.15) is 43.2 Å². The van der Waals surface area contributed by atoms with Crippen LogP contribution < -0.4 is 10.6 Å². The fraction of sp³-hybridized carbons (Fsp3) is 0.444. The third kappa shape index (κ3) is 6.63. The van der Waals surface area contributed by atoms with E-state index in [0.717, 1.165) is 22.3 Å². The van der Waals surface area contributed by atoms with Crippen molar-refractivity contribution >= 4 is 27.9 Å². The van der Waals surface area contributed by atoms with Crippen molar-refractivity contribution in [1.82, 2.24) is 15.5 Å². The molecule has 1 unspecified atom stereocenters. The number of carbonyl (C=O) groups excluding carboxylic acids is 3. The van der Waals surface area contributed by atoms with Crippen LogP contribution in [-0.4, -0.2) is 75.4 Å². The summed E-state index contributed by atoms with van der Waals surface area (Å²) in [7, 11) is -3.30. The number of rotatable bonds is 10. The molecule has 0 aromatic heterocycles. The number of sulfone groups is 1. The molecule has 2 N–H and O–H groups in total. The fourth-order valence-corrected chi connectivity index (χ4v) is 6.25. The molecule has 38 heavy (non-hydrogen) atoms. The maximum atomic E-state index is 12.8. The van der Waals surface area contributed by atoms with E-state index in [1.54, 1.807) is 6.92 Å². The topological polar surface area (TPSA) is 131 Å². The molecule has 1 saturated heterocycles. The largest absolute Gasteiger partial charge is 0.450 e. The molecule has 0 saturated carbocycles. The number of amides is 3. The molecule has 2 aromatic rings. The Balaban J connectivity index is 1.23. The van der Waals surface area contributed by atoms with Crippen molar-refractivity contribution in [3.8, 4) is 11.1 Å². The van der Waals surface area contributed by atoms with Crippen molar-refractivity contribution in [2.24, 2.45) is 0 Å². The van der Waals surface area contributed by atoms with Crippen LogP contribution in [0.2, 0.25) is 0 Å². The third-order valence-corrected chi connectivity index (χ3v) is 8.24. The molecule has 0 spiro atoms. The van der Waals surface area contributed by atoms with Crippen molar-refractivity contribution < 1.29 is 32.3 Å². The summed E-state index contributed by atoms with van der Waals surface area (Å²) in [5, 5.41) is 5.27. The lowest BCUT2D eigenvalue weighted by atomic mass is 9.98.